The van der Waals surface area contributed by atoms with Crippen molar-refractivity contribution in [3.63, 3.8) is 0 Å². The van der Waals surface area contributed by atoms with Crippen molar-refractivity contribution >= 4 is 10.9 Å². The molecule has 0 radical (unpaired) electrons. The normalized spacial score (nSPS) is 26.1. The molecule has 3 aliphatic rings. The first-order valence-electron chi connectivity index (χ1n) is 13.3. The topological polar surface area (TPSA) is 22.1 Å². The summed E-state index contributed by atoms with van der Waals surface area (Å²) in [5, 5.41) is 1.21. The van der Waals surface area contributed by atoms with Crippen LogP contribution in [0.3, 0.4) is 0 Å². The molecule has 36 heavy (non-hydrogen) atoms. The maximum absolute atomic E-state index is 6.98. The Kier molecular flexibility index (Phi) is 6.43. The fourth-order valence-corrected chi connectivity index (χ4v) is 6.85. The van der Waals surface area contributed by atoms with E-state index in [0.717, 1.165) is 23.1 Å². The lowest BCUT2D eigenvalue weighted by atomic mass is 9.71. The SMILES string of the molecule is C=CC1C[N+]2(Cc3ccccc3)CCC1C[C@@H]2[C@H](OCc1ccccc1)c1ccnc2ccccc12. The minimum Gasteiger partial charge on any atom is -0.363 e. The largest absolute Gasteiger partial charge is 0.363 e. The van der Waals surface area contributed by atoms with Gasteiger partial charge in [-0.3, -0.25) is 4.98 Å². The van der Waals surface area contributed by atoms with Gasteiger partial charge in [0.05, 0.1) is 25.2 Å². The fraction of sp³-hybridized carbons (Fsp3) is 0.303. The van der Waals surface area contributed by atoms with Crippen LogP contribution in [0.15, 0.2) is 110 Å². The quantitative estimate of drug-likeness (QED) is 0.200. The number of ether oxygens (including phenoxy) is 1. The van der Waals surface area contributed by atoms with Gasteiger partial charge in [-0.05, 0) is 29.2 Å². The number of rotatable bonds is 8. The number of benzene rings is 3. The second-order valence-electron chi connectivity index (χ2n) is 10.7. The Morgan fingerprint density at radius 1 is 0.917 bits per heavy atom. The van der Waals surface area contributed by atoms with Crippen molar-refractivity contribution in [1.29, 1.82) is 0 Å². The van der Waals surface area contributed by atoms with Gasteiger partial charge in [-0.1, -0.05) is 84.9 Å². The van der Waals surface area contributed by atoms with Crippen LogP contribution >= 0.6 is 0 Å². The minimum absolute atomic E-state index is 0.00427. The molecule has 0 spiro atoms. The van der Waals surface area contributed by atoms with Crippen molar-refractivity contribution in [1.82, 2.24) is 4.98 Å². The summed E-state index contributed by atoms with van der Waals surface area (Å²) in [6.07, 6.45) is 6.61. The highest BCUT2D eigenvalue weighted by Gasteiger charge is 2.54. The average Bonchev–Trinajstić information content (AvgIpc) is 2.94. The molecule has 3 aromatic carbocycles. The van der Waals surface area contributed by atoms with Crippen LogP contribution in [0.25, 0.3) is 10.9 Å². The molecule has 4 aromatic rings. The second kappa shape index (κ2) is 10.0. The Balaban J connectivity index is 1.44. The molecule has 182 valence electrons. The predicted octanol–water partition coefficient (Wildman–Crippen LogP) is 7.10. The van der Waals surface area contributed by atoms with Crippen LogP contribution in [0.5, 0.6) is 0 Å². The monoisotopic (exact) mass is 475 g/mol. The summed E-state index contributed by atoms with van der Waals surface area (Å²) in [5.41, 5.74) is 4.94. The lowest BCUT2D eigenvalue weighted by Crippen LogP contribution is -2.67. The number of nitrogens with zero attached hydrogens (tertiary/aromatic N) is 2. The van der Waals surface area contributed by atoms with Crippen LogP contribution in [0.2, 0.25) is 0 Å². The zero-order valence-electron chi connectivity index (χ0n) is 20.9. The molecule has 7 rings (SSSR count). The van der Waals surface area contributed by atoms with Crippen molar-refractivity contribution < 1.29 is 9.22 Å². The summed E-state index contributed by atoms with van der Waals surface area (Å²) in [4.78, 5) is 4.67. The molecular weight excluding hydrogens is 440 g/mol. The number of hydrogen-bond donors (Lipinski definition) is 0. The summed E-state index contributed by atoms with van der Waals surface area (Å²) < 4.78 is 8.04. The highest BCUT2D eigenvalue weighted by molar-refractivity contribution is 5.82. The van der Waals surface area contributed by atoms with E-state index in [4.69, 9.17) is 4.74 Å². The van der Waals surface area contributed by atoms with Crippen LogP contribution < -0.4 is 0 Å². The number of pyridine rings is 1. The van der Waals surface area contributed by atoms with E-state index in [2.05, 4.69) is 109 Å². The van der Waals surface area contributed by atoms with Crippen molar-refractivity contribution in [2.75, 3.05) is 13.1 Å². The third kappa shape index (κ3) is 4.38. The molecule has 3 unspecified atom stereocenters. The number of aromatic nitrogens is 1. The zero-order chi connectivity index (χ0) is 24.4. The lowest BCUT2D eigenvalue weighted by molar-refractivity contribution is -0.985. The molecule has 0 aliphatic carbocycles. The molecule has 0 N–H and O–H groups in total. The number of piperidine rings is 3. The number of para-hydroxylation sites is 1. The molecular formula is C33H35N2O+. The van der Waals surface area contributed by atoms with E-state index in [1.165, 1.54) is 41.5 Å². The molecule has 3 saturated heterocycles. The average molecular weight is 476 g/mol. The van der Waals surface area contributed by atoms with E-state index in [1.807, 2.05) is 6.20 Å². The molecule has 4 heterocycles. The van der Waals surface area contributed by atoms with E-state index >= 15 is 0 Å². The molecule has 1 aromatic heterocycles. The smallest absolute Gasteiger partial charge is 0.135 e. The van der Waals surface area contributed by atoms with Gasteiger partial charge in [0.1, 0.15) is 18.7 Å². The fourth-order valence-electron chi connectivity index (χ4n) is 6.85. The van der Waals surface area contributed by atoms with Crippen molar-refractivity contribution in [2.45, 2.75) is 38.1 Å². The maximum atomic E-state index is 6.98. The van der Waals surface area contributed by atoms with Crippen molar-refractivity contribution in [3.8, 4) is 0 Å². The second-order valence-corrected chi connectivity index (χ2v) is 10.7. The van der Waals surface area contributed by atoms with Gasteiger partial charge in [-0.15, -0.1) is 6.58 Å². The Morgan fingerprint density at radius 2 is 1.64 bits per heavy atom. The summed E-state index contributed by atoms with van der Waals surface area (Å²) >= 11 is 0. The van der Waals surface area contributed by atoms with E-state index < -0.39 is 0 Å². The van der Waals surface area contributed by atoms with Gasteiger partial charge in [-0.2, -0.15) is 0 Å². The van der Waals surface area contributed by atoms with E-state index in [0.29, 0.717) is 24.5 Å². The first-order valence-corrected chi connectivity index (χ1v) is 13.3. The van der Waals surface area contributed by atoms with Crippen LogP contribution in [-0.2, 0) is 17.9 Å². The summed E-state index contributed by atoms with van der Waals surface area (Å²) in [6, 6.07) is 32.7. The van der Waals surface area contributed by atoms with E-state index in [-0.39, 0.29) is 6.10 Å². The molecule has 3 nitrogen and oxygen atoms in total. The summed E-state index contributed by atoms with van der Waals surface area (Å²) in [5.74, 6) is 1.25. The third-order valence-electron chi connectivity index (χ3n) is 8.63. The Bertz CT molecular complexity index is 1320. The van der Waals surface area contributed by atoms with Crippen molar-refractivity contribution in [2.24, 2.45) is 11.8 Å². The van der Waals surface area contributed by atoms with Crippen LogP contribution in [-0.4, -0.2) is 28.6 Å². The van der Waals surface area contributed by atoms with E-state index in [1.54, 1.807) is 0 Å². The number of fused-ring (bicyclic) bond motifs is 4. The first kappa shape index (κ1) is 23.1. The van der Waals surface area contributed by atoms with Crippen LogP contribution in [0.1, 0.15) is 35.6 Å². The van der Waals surface area contributed by atoms with Gasteiger partial charge in [0.25, 0.3) is 0 Å². The molecule has 0 amide bonds. The highest BCUT2D eigenvalue weighted by atomic mass is 16.5. The Labute approximate surface area is 214 Å². The summed E-state index contributed by atoms with van der Waals surface area (Å²) in [6.45, 7) is 8.22. The first-order chi connectivity index (χ1) is 17.8. The van der Waals surface area contributed by atoms with Crippen LogP contribution in [0, 0.1) is 11.8 Å². The molecule has 3 heteroatoms. The van der Waals surface area contributed by atoms with Gasteiger partial charge < -0.3 is 9.22 Å². The zero-order valence-corrected chi connectivity index (χ0v) is 20.9. The van der Waals surface area contributed by atoms with Crippen molar-refractivity contribution in [3.05, 3.63) is 127 Å². The molecule has 0 saturated carbocycles. The molecule has 5 atom stereocenters. The number of quaternary nitrogens is 1. The minimum atomic E-state index is -0.00427. The van der Waals surface area contributed by atoms with Gasteiger partial charge in [0.2, 0.25) is 0 Å². The molecule has 3 fully saturated rings. The predicted molar refractivity (Wildman–Crippen MR) is 146 cm³/mol. The van der Waals surface area contributed by atoms with Gasteiger partial charge in [0.15, 0.2) is 0 Å². The maximum Gasteiger partial charge on any atom is 0.135 e. The Morgan fingerprint density at radius 3 is 2.42 bits per heavy atom. The van der Waals surface area contributed by atoms with Crippen LogP contribution in [0.4, 0.5) is 0 Å². The molecule has 2 bridgehead atoms. The standard InChI is InChI=1S/C33H35N2O/c1-2-27-23-35(22-25-11-5-3-6-12-25)20-18-28(27)21-32(35)33(36-24-26-13-7-4-8-14-26)30-17-19-34-31-16-10-9-15-29(30)31/h2-17,19,27-28,32-33H,1,18,20-24H2/q+1/t27?,28?,32-,33-,35?/m1/s1. The summed E-state index contributed by atoms with van der Waals surface area (Å²) in [7, 11) is 0. The van der Waals surface area contributed by atoms with Gasteiger partial charge >= 0.3 is 0 Å². The number of hydrogen-bond acceptors (Lipinski definition) is 2. The molecule has 3 aliphatic heterocycles. The highest BCUT2D eigenvalue weighted by Crippen LogP contribution is 2.49. The van der Waals surface area contributed by atoms with E-state index in [9.17, 15) is 0 Å². The third-order valence-corrected chi connectivity index (χ3v) is 8.63. The van der Waals surface area contributed by atoms with Gasteiger partial charge in [-0.25, -0.2) is 0 Å². The van der Waals surface area contributed by atoms with Gasteiger partial charge in [0, 0.05) is 35.9 Å². The Hall–Kier alpha value is -3.27. The lowest BCUT2D eigenvalue weighted by Gasteiger charge is -2.58.